The first-order valence-corrected chi connectivity index (χ1v) is 6.71. The number of hydrogen-bond donors (Lipinski definition) is 0. The smallest absolute Gasteiger partial charge is 0.0616 e. The van der Waals surface area contributed by atoms with Crippen molar-refractivity contribution < 1.29 is 2.74 Å². The molecular formula is C20H14. The van der Waals surface area contributed by atoms with Crippen LogP contribution in [-0.2, 0) is 0 Å². The van der Waals surface area contributed by atoms with E-state index in [1.807, 2.05) is 60.7 Å². The third kappa shape index (κ3) is 1.70. The highest BCUT2D eigenvalue weighted by Crippen LogP contribution is 2.33. The second-order valence-electron chi connectivity index (χ2n) is 4.91. The summed E-state index contributed by atoms with van der Waals surface area (Å²) in [5, 5.41) is 4.47. The van der Waals surface area contributed by atoms with Crippen molar-refractivity contribution >= 4 is 21.5 Å². The van der Waals surface area contributed by atoms with Gasteiger partial charge in [0.15, 0.2) is 0 Å². The van der Waals surface area contributed by atoms with Gasteiger partial charge in [-0.15, -0.1) is 0 Å². The Morgan fingerprint density at radius 3 is 1.50 bits per heavy atom. The van der Waals surface area contributed by atoms with E-state index in [0.29, 0.717) is 12.1 Å². The van der Waals surface area contributed by atoms with E-state index < -0.39 is 0 Å². The fourth-order valence-electron chi connectivity index (χ4n) is 2.80. The molecule has 0 fully saturated rings. The normalized spacial score (nSPS) is 12.4. The van der Waals surface area contributed by atoms with Crippen LogP contribution in [-0.4, -0.2) is 0 Å². The molecule has 0 bridgehead atoms. The van der Waals surface area contributed by atoms with Gasteiger partial charge in [-0.25, -0.2) is 0 Å². The summed E-state index contributed by atoms with van der Waals surface area (Å²) in [6, 6.07) is 25.0. The maximum atomic E-state index is 7.79. The molecule has 4 aromatic carbocycles. The summed E-state index contributed by atoms with van der Waals surface area (Å²) in [4.78, 5) is 0. The van der Waals surface area contributed by atoms with Crippen LogP contribution in [0.1, 0.15) is 2.74 Å². The molecule has 0 aromatic heterocycles. The first kappa shape index (κ1) is 9.33. The molecule has 0 spiro atoms. The lowest BCUT2D eigenvalue weighted by molar-refractivity contribution is 1.68. The summed E-state index contributed by atoms with van der Waals surface area (Å²) in [5.74, 6) is 0. The van der Waals surface area contributed by atoms with Crippen molar-refractivity contribution in [3.8, 4) is 11.1 Å². The monoisotopic (exact) mass is 256 g/mol. The van der Waals surface area contributed by atoms with Gasteiger partial charge in [0.25, 0.3) is 0 Å². The zero-order valence-electron chi connectivity index (χ0n) is 12.9. The van der Waals surface area contributed by atoms with Crippen molar-refractivity contribution in [1.29, 1.82) is 0 Å². The predicted octanol–water partition coefficient (Wildman–Crippen LogP) is 5.66. The van der Waals surface area contributed by atoms with Crippen LogP contribution < -0.4 is 0 Å². The van der Waals surface area contributed by atoms with Crippen molar-refractivity contribution in [3.05, 3.63) is 84.9 Å². The molecular weight excluding hydrogens is 240 g/mol. The summed E-state index contributed by atoms with van der Waals surface area (Å²) in [6.45, 7) is 0. The molecule has 0 atom stereocenters. The lowest BCUT2D eigenvalue weighted by Gasteiger charge is -2.10. The van der Waals surface area contributed by atoms with Crippen molar-refractivity contribution in [2.75, 3.05) is 0 Å². The molecule has 0 aliphatic rings. The number of benzene rings is 4. The number of fused-ring (bicyclic) bond motifs is 2. The van der Waals surface area contributed by atoms with Crippen molar-refractivity contribution in [3.63, 3.8) is 0 Å². The predicted molar refractivity (Wildman–Crippen MR) is 86.9 cm³/mol. The van der Waals surface area contributed by atoms with Gasteiger partial charge in [0, 0.05) is 0 Å². The Morgan fingerprint density at radius 2 is 1.00 bits per heavy atom. The average molecular weight is 256 g/mol. The molecule has 4 aromatic rings. The highest BCUT2D eigenvalue weighted by molar-refractivity contribution is 6.05. The summed E-state index contributed by atoms with van der Waals surface area (Å²) >= 11 is 0. The molecule has 0 saturated carbocycles. The van der Waals surface area contributed by atoms with Crippen LogP contribution in [0.5, 0.6) is 0 Å². The minimum absolute atomic E-state index is 0.529. The van der Waals surface area contributed by atoms with Crippen molar-refractivity contribution in [2.24, 2.45) is 0 Å². The lowest BCUT2D eigenvalue weighted by atomic mass is 9.94. The molecule has 0 N–H and O–H groups in total. The van der Waals surface area contributed by atoms with Crippen LogP contribution in [0.3, 0.4) is 0 Å². The fraction of sp³-hybridized carbons (Fsp3) is 0. The third-order valence-corrected chi connectivity index (χ3v) is 3.74. The van der Waals surface area contributed by atoms with Gasteiger partial charge >= 0.3 is 0 Å². The largest absolute Gasteiger partial charge is 0.0623 e. The van der Waals surface area contributed by atoms with Crippen molar-refractivity contribution in [1.82, 2.24) is 0 Å². The van der Waals surface area contributed by atoms with Gasteiger partial charge in [0.05, 0.1) is 2.74 Å². The highest BCUT2D eigenvalue weighted by Gasteiger charge is 2.06. The van der Waals surface area contributed by atoms with Gasteiger partial charge in [0.2, 0.25) is 0 Å². The van der Waals surface area contributed by atoms with Crippen LogP contribution in [0.25, 0.3) is 32.7 Å². The van der Waals surface area contributed by atoms with Gasteiger partial charge in [-0.1, -0.05) is 84.9 Å². The van der Waals surface area contributed by atoms with E-state index in [1.165, 1.54) is 11.1 Å². The summed E-state index contributed by atoms with van der Waals surface area (Å²) in [7, 11) is 0. The summed E-state index contributed by atoms with van der Waals surface area (Å²) in [5.41, 5.74) is 2.33. The molecule has 0 heterocycles. The van der Waals surface area contributed by atoms with E-state index in [4.69, 9.17) is 2.74 Å². The van der Waals surface area contributed by atoms with Crippen LogP contribution in [0.4, 0.5) is 0 Å². The Balaban J connectivity index is 2.07. The van der Waals surface area contributed by atoms with E-state index in [2.05, 4.69) is 12.1 Å². The highest BCUT2D eigenvalue weighted by atomic mass is 14.1. The maximum Gasteiger partial charge on any atom is 0.0623 e. The van der Waals surface area contributed by atoms with E-state index in [1.54, 1.807) is 0 Å². The zero-order chi connectivity index (χ0) is 15.1. The van der Waals surface area contributed by atoms with E-state index in [9.17, 15) is 0 Å². The number of rotatable bonds is 1. The third-order valence-electron chi connectivity index (χ3n) is 3.74. The molecule has 4 rings (SSSR count). The fourth-order valence-corrected chi connectivity index (χ4v) is 2.80. The first-order chi connectivity index (χ1) is 10.7. The maximum absolute atomic E-state index is 7.79. The first-order valence-electron chi connectivity index (χ1n) is 7.71. The van der Waals surface area contributed by atoms with Crippen LogP contribution in [0.2, 0.25) is 0 Å². The quantitative estimate of drug-likeness (QED) is 0.412. The second kappa shape index (κ2) is 4.50. The Morgan fingerprint density at radius 1 is 0.500 bits per heavy atom. The minimum Gasteiger partial charge on any atom is -0.0616 e. The van der Waals surface area contributed by atoms with Gasteiger partial charge < -0.3 is 0 Å². The van der Waals surface area contributed by atoms with Gasteiger partial charge in [-0.3, -0.25) is 0 Å². The molecule has 0 amide bonds. The number of hydrogen-bond acceptors (Lipinski definition) is 0. The molecule has 94 valence electrons. The molecule has 0 nitrogen and oxygen atoms in total. The molecule has 0 aliphatic carbocycles. The molecule has 0 heteroatoms. The Hall–Kier alpha value is -2.60. The van der Waals surface area contributed by atoms with E-state index in [0.717, 1.165) is 21.5 Å². The van der Waals surface area contributed by atoms with Crippen LogP contribution in [0, 0.1) is 0 Å². The standard InChI is InChI=1S/C20H14/c1-3-11-17-15(7-1)9-5-13-19(17)20-14-6-10-16-8-2-4-12-18(16)20/h1-14H/i1D,2D. The van der Waals surface area contributed by atoms with E-state index in [-0.39, 0.29) is 0 Å². The van der Waals surface area contributed by atoms with Crippen molar-refractivity contribution in [2.45, 2.75) is 0 Å². The second-order valence-corrected chi connectivity index (χ2v) is 4.91. The van der Waals surface area contributed by atoms with Gasteiger partial charge in [-0.05, 0) is 32.7 Å². The van der Waals surface area contributed by atoms with Crippen LogP contribution in [0.15, 0.2) is 84.9 Å². The van der Waals surface area contributed by atoms with Crippen LogP contribution >= 0.6 is 0 Å². The Kier molecular flexibility index (Phi) is 2.10. The minimum atomic E-state index is 0.529. The molecule has 0 unspecified atom stereocenters. The lowest BCUT2D eigenvalue weighted by Crippen LogP contribution is -1.83. The molecule has 0 saturated heterocycles. The topological polar surface area (TPSA) is 0 Å². The molecule has 0 aliphatic heterocycles. The SMILES string of the molecule is [2H]c1ccc2c(-c3cccc4cc([2H])ccc34)cccc2c1. The molecule has 0 radical (unpaired) electrons. The zero-order valence-corrected chi connectivity index (χ0v) is 10.9. The van der Waals surface area contributed by atoms with Gasteiger partial charge in [0.1, 0.15) is 0 Å². The van der Waals surface area contributed by atoms with Gasteiger partial charge in [-0.2, -0.15) is 0 Å². The average Bonchev–Trinajstić information content (AvgIpc) is 2.53. The summed E-state index contributed by atoms with van der Waals surface area (Å²) in [6.07, 6.45) is 0. The van der Waals surface area contributed by atoms with E-state index >= 15 is 0 Å². The summed E-state index contributed by atoms with van der Waals surface area (Å²) < 4.78 is 15.6. The molecule has 20 heavy (non-hydrogen) atoms. The Labute approximate surface area is 121 Å². The Bertz CT molecular complexity index is 920.